The van der Waals surface area contributed by atoms with Gasteiger partial charge in [0.05, 0.1) is 31.7 Å². The van der Waals surface area contributed by atoms with Gasteiger partial charge in [0.25, 0.3) is 0 Å². The van der Waals surface area contributed by atoms with E-state index in [0.29, 0.717) is 43.3 Å². The molecule has 1 atom stereocenters. The van der Waals surface area contributed by atoms with Crippen LogP contribution in [0.15, 0.2) is 30.6 Å². The normalized spacial score (nSPS) is 17.9. The zero-order valence-electron chi connectivity index (χ0n) is 13.1. The fourth-order valence-corrected chi connectivity index (χ4v) is 2.53. The molecule has 0 spiro atoms. The highest BCUT2D eigenvalue weighted by atomic mass is 19.1. The van der Waals surface area contributed by atoms with Crippen molar-refractivity contribution in [3.8, 4) is 5.75 Å². The summed E-state index contributed by atoms with van der Waals surface area (Å²) in [5, 5.41) is 3.24. The molecule has 1 aromatic heterocycles. The van der Waals surface area contributed by atoms with Gasteiger partial charge in [0.2, 0.25) is 0 Å². The van der Waals surface area contributed by atoms with Crippen molar-refractivity contribution in [2.45, 2.75) is 19.4 Å². The molecular weight excluding hydrogens is 297 g/mol. The molecule has 3 rings (SSSR count). The van der Waals surface area contributed by atoms with Gasteiger partial charge in [0.1, 0.15) is 11.6 Å². The third-order valence-electron chi connectivity index (χ3n) is 3.72. The van der Waals surface area contributed by atoms with Crippen molar-refractivity contribution in [1.82, 2.24) is 15.3 Å². The van der Waals surface area contributed by atoms with Crippen molar-refractivity contribution < 1.29 is 13.9 Å². The van der Waals surface area contributed by atoms with Gasteiger partial charge in [-0.05, 0) is 24.1 Å². The molecule has 0 aliphatic carbocycles. The van der Waals surface area contributed by atoms with Crippen molar-refractivity contribution >= 4 is 0 Å². The van der Waals surface area contributed by atoms with Gasteiger partial charge in [-0.3, -0.25) is 0 Å². The van der Waals surface area contributed by atoms with Gasteiger partial charge in [0.15, 0.2) is 5.75 Å². The summed E-state index contributed by atoms with van der Waals surface area (Å²) in [7, 11) is 0. The Balaban J connectivity index is 1.70. The number of hydrogen-bond donors (Lipinski definition) is 1. The molecule has 5 nitrogen and oxygen atoms in total. The summed E-state index contributed by atoms with van der Waals surface area (Å²) in [6.07, 6.45) is 3.48. The molecular formula is C17H20FN3O2. The predicted octanol–water partition coefficient (Wildman–Crippen LogP) is 2.27. The molecule has 0 unspecified atom stereocenters. The maximum atomic E-state index is 14.3. The Kier molecular flexibility index (Phi) is 5.15. The molecule has 2 aromatic rings. The highest BCUT2D eigenvalue weighted by Gasteiger charge is 2.17. The fourth-order valence-electron chi connectivity index (χ4n) is 2.53. The van der Waals surface area contributed by atoms with E-state index in [1.54, 1.807) is 24.5 Å². The van der Waals surface area contributed by atoms with Crippen LogP contribution in [0.2, 0.25) is 0 Å². The number of nitrogens with zero attached hydrogens (tertiary/aromatic N) is 2. The summed E-state index contributed by atoms with van der Waals surface area (Å²) in [5.41, 5.74) is 1.42. The number of ether oxygens (including phenoxy) is 2. The SMILES string of the molecule is CCOc1cnc(Cc2ccc([C@H]3CNCCO3)cc2F)nc1. The lowest BCUT2D eigenvalue weighted by Gasteiger charge is -2.24. The molecule has 1 aliphatic heterocycles. The predicted molar refractivity (Wildman–Crippen MR) is 84.0 cm³/mol. The number of hydrogen-bond acceptors (Lipinski definition) is 5. The van der Waals surface area contributed by atoms with Gasteiger partial charge in [0, 0.05) is 19.5 Å². The average molecular weight is 317 g/mol. The highest BCUT2D eigenvalue weighted by molar-refractivity contribution is 5.28. The summed E-state index contributed by atoms with van der Waals surface area (Å²) in [6.45, 7) is 4.66. The van der Waals surface area contributed by atoms with Gasteiger partial charge in [-0.2, -0.15) is 0 Å². The molecule has 0 saturated carbocycles. The van der Waals surface area contributed by atoms with Gasteiger partial charge in [-0.1, -0.05) is 12.1 Å². The van der Waals surface area contributed by atoms with Crippen molar-refractivity contribution in [2.75, 3.05) is 26.3 Å². The first-order valence-corrected chi connectivity index (χ1v) is 7.80. The Bertz CT molecular complexity index is 643. The van der Waals surface area contributed by atoms with Crippen LogP contribution >= 0.6 is 0 Å². The van der Waals surface area contributed by atoms with E-state index in [1.165, 1.54) is 0 Å². The molecule has 1 saturated heterocycles. The lowest BCUT2D eigenvalue weighted by molar-refractivity contribution is 0.0275. The standard InChI is InChI=1S/C17H20FN3O2/c1-2-22-14-9-20-17(21-10-14)8-12-3-4-13(7-15(12)18)16-11-19-5-6-23-16/h3-4,7,9-10,16,19H,2,5-6,8,11H2,1H3/t16-/m1/s1. The molecule has 0 radical (unpaired) electrons. The van der Waals surface area contributed by atoms with Crippen LogP contribution in [0.25, 0.3) is 0 Å². The number of rotatable bonds is 5. The zero-order chi connectivity index (χ0) is 16.1. The highest BCUT2D eigenvalue weighted by Crippen LogP contribution is 2.22. The summed E-state index contributed by atoms with van der Waals surface area (Å²) < 4.78 is 25.3. The van der Waals surface area contributed by atoms with Crippen LogP contribution < -0.4 is 10.1 Å². The van der Waals surface area contributed by atoms with Crippen LogP contribution in [0.1, 0.15) is 30.0 Å². The summed E-state index contributed by atoms with van der Waals surface area (Å²) in [6, 6.07) is 5.23. The third kappa shape index (κ3) is 4.03. The lowest BCUT2D eigenvalue weighted by Crippen LogP contribution is -2.33. The summed E-state index contributed by atoms with van der Waals surface area (Å²) >= 11 is 0. The maximum absolute atomic E-state index is 14.3. The first-order chi connectivity index (χ1) is 11.3. The molecule has 2 heterocycles. The van der Waals surface area contributed by atoms with E-state index in [0.717, 1.165) is 12.1 Å². The molecule has 1 N–H and O–H groups in total. The Morgan fingerprint density at radius 3 is 2.83 bits per heavy atom. The maximum Gasteiger partial charge on any atom is 0.155 e. The van der Waals surface area contributed by atoms with E-state index in [2.05, 4.69) is 15.3 Å². The van der Waals surface area contributed by atoms with Crippen LogP contribution in [0.4, 0.5) is 4.39 Å². The van der Waals surface area contributed by atoms with E-state index in [4.69, 9.17) is 9.47 Å². The Morgan fingerprint density at radius 1 is 1.35 bits per heavy atom. The lowest BCUT2D eigenvalue weighted by atomic mass is 10.0. The Labute approximate surface area is 134 Å². The van der Waals surface area contributed by atoms with Crippen molar-refractivity contribution in [3.05, 3.63) is 53.4 Å². The monoisotopic (exact) mass is 317 g/mol. The third-order valence-corrected chi connectivity index (χ3v) is 3.72. The zero-order valence-corrected chi connectivity index (χ0v) is 13.1. The fraction of sp³-hybridized carbons (Fsp3) is 0.412. The van der Waals surface area contributed by atoms with Gasteiger partial charge in [-0.25, -0.2) is 14.4 Å². The first kappa shape index (κ1) is 15.8. The second-order valence-electron chi connectivity index (χ2n) is 5.36. The topological polar surface area (TPSA) is 56.3 Å². The van der Waals surface area contributed by atoms with Crippen LogP contribution in [0.3, 0.4) is 0 Å². The number of nitrogens with one attached hydrogen (secondary N) is 1. The molecule has 1 aliphatic rings. The van der Waals surface area contributed by atoms with Crippen molar-refractivity contribution in [3.63, 3.8) is 0 Å². The van der Waals surface area contributed by atoms with E-state index >= 15 is 0 Å². The minimum absolute atomic E-state index is 0.0889. The quantitative estimate of drug-likeness (QED) is 0.917. The smallest absolute Gasteiger partial charge is 0.155 e. The minimum atomic E-state index is -0.255. The summed E-state index contributed by atoms with van der Waals surface area (Å²) in [4.78, 5) is 8.42. The molecule has 0 bridgehead atoms. The van der Waals surface area contributed by atoms with Gasteiger partial charge >= 0.3 is 0 Å². The number of benzene rings is 1. The second-order valence-corrected chi connectivity index (χ2v) is 5.36. The van der Waals surface area contributed by atoms with E-state index in [-0.39, 0.29) is 11.9 Å². The van der Waals surface area contributed by atoms with Crippen LogP contribution in [0.5, 0.6) is 5.75 Å². The number of halogens is 1. The number of aromatic nitrogens is 2. The van der Waals surface area contributed by atoms with Crippen molar-refractivity contribution in [2.24, 2.45) is 0 Å². The molecule has 6 heteroatoms. The second kappa shape index (κ2) is 7.48. The first-order valence-electron chi connectivity index (χ1n) is 7.80. The molecule has 122 valence electrons. The van der Waals surface area contributed by atoms with E-state index in [1.807, 2.05) is 13.0 Å². The van der Waals surface area contributed by atoms with Gasteiger partial charge < -0.3 is 14.8 Å². The van der Waals surface area contributed by atoms with Crippen LogP contribution in [0, 0.1) is 5.82 Å². The Morgan fingerprint density at radius 2 is 2.17 bits per heavy atom. The van der Waals surface area contributed by atoms with Gasteiger partial charge in [-0.15, -0.1) is 0 Å². The summed E-state index contributed by atoms with van der Waals surface area (Å²) in [5.74, 6) is 0.930. The van der Waals surface area contributed by atoms with E-state index in [9.17, 15) is 4.39 Å². The minimum Gasteiger partial charge on any atom is -0.491 e. The van der Waals surface area contributed by atoms with Crippen molar-refractivity contribution in [1.29, 1.82) is 0 Å². The number of morpholine rings is 1. The molecule has 0 amide bonds. The molecule has 23 heavy (non-hydrogen) atoms. The Hall–Kier alpha value is -2.05. The largest absolute Gasteiger partial charge is 0.491 e. The van der Waals surface area contributed by atoms with Crippen LogP contribution in [-0.2, 0) is 11.2 Å². The van der Waals surface area contributed by atoms with E-state index < -0.39 is 0 Å². The average Bonchev–Trinajstić information content (AvgIpc) is 2.59. The van der Waals surface area contributed by atoms with Crippen LogP contribution in [-0.4, -0.2) is 36.3 Å². The molecule has 1 aromatic carbocycles. The molecule has 1 fully saturated rings.